The van der Waals surface area contributed by atoms with Crippen LogP contribution in [0.25, 0.3) is 0 Å². The SMILES string of the molecule is CCC(C)(CN)C(C)COC. The smallest absolute Gasteiger partial charge is 0.0493 e. The lowest BCUT2D eigenvalue weighted by atomic mass is 9.76. The monoisotopic (exact) mass is 159 g/mol. The van der Waals surface area contributed by atoms with Crippen molar-refractivity contribution < 1.29 is 4.74 Å². The zero-order chi connectivity index (χ0) is 8.91. The Bertz CT molecular complexity index is 99.7. The molecule has 0 saturated carbocycles. The first-order chi connectivity index (χ1) is 5.10. The van der Waals surface area contributed by atoms with Gasteiger partial charge in [-0.05, 0) is 24.3 Å². The molecule has 0 saturated heterocycles. The van der Waals surface area contributed by atoms with Crippen molar-refractivity contribution in [3.63, 3.8) is 0 Å². The van der Waals surface area contributed by atoms with Gasteiger partial charge in [0.25, 0.3) is 0 Å². The number of methoxy groups -OCH3 is 1. The van der Waals surface area contributed by atoms with Gasteiger partial charge in [0.15, 0.2) is 0 Å². The van der Waals surface area contributed by atoms with Crippen molar-refractivity contribution in [1.29, 1.82) is 0 Å². The Morgan fingerprint density at radius 3 is 2.36 bits per heavy atom. The molecule has 2 unspecified atom stereocenters. The van der Waals surface area contributed by atoms with E-state index in [-0.39, 0.29) is 5.41 Å². The molecule has 0 aliphatic rings. The van der Waals surface area contributed by atoms with Crippen LogP contribution < -0.4 is 5.73 Å². The van der Waals surface area contributed by atoms with Gasteiger partial charge in [-0.15, -0.1) is 0 Å². The van der Waals surface area contributed by atoms with E-state index in [1.54, 1.807) is 7.11 Å². The van der Waals surface area contributed by atoms with Crippen molar-refractivity contribution in [2.24, 2.45) is 17.1 Å². The van der Waals surface area contributed by atoms with Gasteiger partial charge in [-0.3, -0.25) is 0 Å². The highest BCUT2D eigenvalue weighted by Crippen LogP contribution is 2.29. The van der Waals surface area contributed by atoms with Crippen molar-refractivity contribution in [3.8, 4) is 0 Å². The lowest BCUT2D eigenvalue weighted by Gasteiger charge is -2.32. The largest absolute Gasteiger partial charge is 0.384 e. The highest BCUT2D eigenvalue weighted by atomic mass is 16.5. The van der Waals surface area contributed by atoms with Crippen molar-refractivity contribution in [2.75, 3.05) is 20.3 Å². The van der Waals surface area contributed by atoms with E-state index in [1.165, 1.54) is 0 Å². The zero-order valence-corrected chi connectivity index (χ0v) is 8.18. The molecular formula is C9H21NO. The molecule has 0 heterocycles. The van der Waals surface area contributed by atoms with Crippen molar-refractivity contribution in [3.05, 3.63) is 0 Å². The molecular weight excluding hydrogens is 138 g/mol. The average molecular weight is 159 g/mol. The summed E-state index contributed by atoms with van der Waals surface area (Å²) in [5.41, 5.74) is 5.94. The molecule has 0 fully saturated rings. The predicted molar refractivity (Wildman–Crippen MR) is 48.5 cm³/mol. The molecule has 0 spiro atoms. The summed E-state index contributed by atoms with van der Waals surface area (Å²) in [5, 5.41) is 0. The van der Waals surface area contributed by atoms with E-state index >= 15 is 0 Å². The van der Waals surface area contributed by atoms with Crippen molar-refractivity contribution >= 4 is 0 Å². The highest BCUT2D eigenvalue weighted by molar-refractivity contribution is 4.79. The maximum Gasteiger partial charge on any atom is 0.0493 e. The van der Waals surface area contributed by atoms with Crippen LogP contribution in [0.15, 0.2) is 0 Å². The Kier molecular flexibility index (Phi) is 4.69. The summed E-state index contributed by atoms with van der Waals surface area (Å²) in [5.74, 6) is 0.544. The molecule has 2 N–H and O–H groups in total. The summed E-state index contributed by atoms with van der Waals surface area (Å²) in [4.78, 5) is 0. The van der Waals surface area contributed by atoms with Crippen LogP contribution in [0.5, 0.6) is 0 Å². The summed E-state index contributed by atoms with van der Waals surface area (Å²) in [6.07, 6.45) is 1.12. The third kappa shape index (κ3) is 2.80. The van der Waals surface area contributed by atoms with E-state index in [2.05, 4.69) is 20.8 Å². The van der Waals surface area contributed by atoms with Gasteiger partial charge in [-0.1, -0.05) is 20.8 Å². The minimum atomic E-state index is 0.246. The molecule has 0 bridgehead atoms. The minimum absolute atomic E-state index is 0.246. The molecule has 68 valence electrons. The number of rotatable bonds is 5. The lowest BCUT2D eigenvalue weighted by molar-refractivity contribution is 0.0830. The van der Waals surface area contributed by atoms with Gasteiger partial charge in [-0.25, -0.2) is 0 Å². The summed E-state index contributed by atoms with van der Waals surface area (Å²) in [6.45, 7) is 8.14. The molecule has 2 heteroatoms. The second-order valence-electron chi connectivity index (χ2n) is 3.57. The fraction of sp³-hybridized carbons (Fsp3) is 1.00. The molecule has 0 aromatic rings. The fourth-order valence-electron chi connectivity index (χ4n) is 1.15. The molecule has 0 rings (SSSR count). The summed E-state index contributed by atoms with van der Waals surface area (Å²) < 4.78 is 5.10. The number of ether oxygens (including phenoxy) is 1. The molecule has 0 aromatic carbocycles. The third-order valence-corrected chi connectivity index (χ3v) is 2.88. The van der Waals surface area contributed by atoms with E-state index in [0.717, 1.165) is 19.6 Å². The van der Waals surface area contributed by atoms with Gasteiger partial charge in [0.1, 0.15) is 0 Å². The molecule has 11 heavy (non-hydrogen) atoms. The van der Waals surface area contributed by atoms with Crippen LogP contribution in [0, 0.1) is 11.3 Å². The molecule has 0 radical (unpaired) electrons. The van der Waals surface area contributed by atoms with E-state index in [9.17, 15) is 0 Å². The van der Waals surface area contributed by atoms with Crippen LogP contribution in [0.1, 0.15) is 27.2 Å². The van der Waals surface area contributed by atoms with Crippen LogP contribution in [0.2, 0.25) is 0 Å². The van der Waals surface area contributed by atoms with Gasteiger partial charge in [-0.2, -0.15) is 0 Å². The standard InChI is InChI=1S/C9H21NO/c1-5-9(3,7-10)8(2)6-11-4/h8H,5-7,10H2,1-4H3. The Morgan fingerprint density at radius 1 is 1.55 bits per heavy atom. The van der Waals surface area contributed by atoms with Gasteiger partial charge < -0.3 is 10.5 Å². The summed E-state index contributed by atoms with van der Waals surface area (Å²) in [6, 6.07) is 0. The van der Waals surface area contributed by atoms with Gasteiger partial charge in [0.2, 0.25) is 0 Å². The molecule has 2 nitrogen and oxygen atoms in total. The third-order valence-electron chi connectivity index (χ3n) is 2.88. The summed E-state index contributed by atoms with van der Waals surface area (Å²) in [7, 11) is 1.74. The summed E-state index contributed by atoms with van der Waals surface area (Å²) >= 11 is 0. The average Bonchev–Trinajstić information content (AvgIpc) is 2.03. The second-order valence-corrected chi connectivity index (χ2v) is 3.57. The van der Waals surface area contributed by atoms with Gasteiger partial charge in [0, 0.05) is 13.7 Å². The van der Waals surface area contributed by atoms with Crippen LogP contribution >= 0.6 is 0 Å². The van der Waals surface area contributed by atoms with Crippen molar-refractivity contribution in [2.45, 2.75) is 27.2 Å². The maximum absolute atomic E-state index is 5.69. The Hall–Kier alpha value is -0.0800. The van der Waals surface area contributed by atoms with Gasteiger partial charge >= 0.3 is 0 Å². The Morgan fingerprint density at radius 2 is 2.09 bits per heavy atom. The van der Waals surface area contributed by atoms with E-state index in [4.69, 9.17) is 10.5 Å². The highest BCUT2D eigenvalue weighted by Gasteiger charge is 2.27. The van der Waals surface area contributed by atoms with Crippen LogP contribution in [-0.2, 0) is 4.74 Å². The Balaban J connectivity index is 4.00. The quantitative estimate of drug-likeness (QED) is 0.662. The predicted octanol–water partition coefficient (Wildman–Crippen LogP) is 1.64. The molecule has 0 aliphatic carbocycles. The topological polar surface area (TPSA) is 35.2 Å². The number of nitrogens with two attached hydrogens (primary N) is 1. The number of hydrogen-bond donors (Lipinski definition) is 1. The molecule has 0 amide bonds. The minimum Gasteiger partial charge on any atom is -0.384 e. The lowest BCUT2D eigenvalue weighted by Crippen LogP contribution is -2.35. The molecule has 2 atom stereocenters. The molecule has 0 aliphatic heterocycles. The normalized spacial score (nSPS) is 19.4. The van der Waals surface area contributed by atoms with Crippen LogP contribution in [0.4, 0.5) is 0 Å². The van der Waals surface area contributed by atoms with Gasteiger partial charge in [0.05, 0.1) is 0 Å². The second kappa shape index (κ2) is 4.73. The van der Waals surface area contributed by atoms with E-state index in [0.29, 0.717) is 5.92 Å². The van der Waals surface area contributed by atoms with Crippen LogP contribution in [-0.4, -0.2) is 20.3 Å². The zero-order valence-electron chi connectivity index (χ0n) is 8.18. The molecule has 0 aromatic heterocycles. The maximum atomic E-state index is 5.69. The van der Waals surface area contributed by atoms with Crippen LogP contribution in [0.3, 0.4) is 0 Å². The Labute approximate surface area is 70.1 Å². The van der Waals surface area contributed by atoms with E-state index in [1.807, 2.05) is 0 Å². The first-order valence-electron chi connectivity index (χ1n) is 4.29. The first kappa shape index (κ1) is 10.9. The first-order valence-corrected chi connectivity index (χ1v) is 4.29. The van der Waals surface area contributed by atoms with Crippen molar-refractivity contribution in [1.82, 2.24) is 0 Å². The van der Waals surface area contributed by atoms with E-state index < -0.39 is 0 Å². The fourth-order valence-corrected chi connectivity index (χ4v) is 1.15. The number of hydrogen-bond acceptors (Lipinski definition) is 2.